The van der Waals surface area contributed by atoms with Crippen LogP contribution in [0.1, 0.15) is 11.3 Å². The van der Waals surface area contributed by atoms with Gasteiger partial charge in [0.15, 0.2) is 5.65 Å². The predicted molar refractivity (Wildman–Crippen MR) is 77.8 cm³/mol. The minimum absolute atomic E-state index is 0.0618. The molecule has 2 N–H and O–H groups in total. The van der Waals surface area contributed by atoms with Crippen molar-refractivity contribution in [1.29, 1.82) is 0 Å². The minimum Gasteiger partial charge on any atom is -0.483 e. The number of aromatic nitrogens is 3. The quantitative estimate of drug-likeness (QED) is 0.702. The van der Waals surface area contributed by atoms with Gasteiger partial charge in [0.1, 0.15) is 0 Å². The smallest absolute Gasteiger partial charge is 0.290 e. The summed E-state index contributed by atoms with van der Waals surface area (Å²) in [5.74, 6) is 0. The summed E-state index contributed by atoms with van der Waals surface area (Å²) in [6, 6.07) is 9.68. The van der Waals surface area contributed by atoms with Crippen LogP contribution in [0.25, 0.3) is 16.8 Å². The highest BCUT2D eigenvalue weighted by Crippen LogP contribution is 2.26. The van der Waals surface area contributed by atoms with Crippen LogP contribution in [0.4, 0.5) is 0 Å². The zero-order valence-corrected chi connectivity index (χ0v) is 11.5. The Labute approximate surface area is 121 Å². The largest absolute Gasteiger partial charge is 0.483 e. The third kappa shape index (κ3) is 3.06. The Morgan fingerprint density at radius 1 is 1.29 bits per heavy atom. The van der Waals surface area contributed by atoms with Crippen LogP contribution in [0.3, 0.4) is 0 Å². The molecule has 0 bridgehead atoms. The van der Waals surface area contributed by atoms with Crippen LogP contribution >= 0.6 is 0 Å². The molecule has 3 rings (SSSR count). The van der Waals surface area contributed by atoms with E-state index in [0.29, 0.717) is 0 Å². The Morgan fingerprint density at radius 3 is 2.57 bits per heavy atom. The molecule has 1 aromatic carbocycles. The summed E-state index contributed by atoms with van der Waals surface area (Å²) in [4.78, 5) is 12.7. The zero-order chi connectivity index (χ0) is 15.2. The van der Waals surface area contributed by atoms with E-state index in [1.165, 1.54) is 0 Å². The van der Waals surface area contributed by atoms with Crippen LogP contribution < -0.4 is 0 Å². The van der Waals surface area contributed by atoms with E-state index >= 15 is 0 Å². The summed E-state index contributed by atoms with van der Waals surface area (Å²) >= 11 is 0. The molecule has 3 aromatic rings. The van der Waals surface area contributed by atoms with Crippen LogP contribution in [0.5, 0.6) is 0 Å². The fourth-order valence-electron chi connectivity index (χ4n) is 2.11. The molecule has 6 nitrogen and oxygen atoms in total. The number of fused-ring (bicyclic) bond motifs is 1. The number of hydrogen-bond acceptors (Lipinski definition) is 4. The number of aryl methyl sites for hydroxylation is 1. The van der Waals surface area contributed by atoms with Crippen LogP contribution in [-0.2, 0) is 11.4 Å². The van der Waals surface area contributed by atoms with Crippen molar-refractivity contribution in [2.24, 2.45) is 0 Å². The predicted octanol–water partition coefficient (Wildman–Crippen LogP) is 1.90. The van der Waals surface area contributed by atoms with Crippen LogP contribution in [0.15, 0.2) is 42.7 Å². The molecule has 0 radical (unpaired) electrons. The van der Waals surface area contributed by atoms with E-state index in [9.17, 15) is 0 Å². The maximum atomic E-state index is 9.06. The van der Waals surface area contributed by atoms with Crippen molar-refractivity contribution >= 4 is 12.1 Å². The van der Waals surface area contributed by atoms with E-state index in [-0.39, 0.29) is 13.1 Å². The molecule has 0 aliphatic carbocycles. The molecule has 0 atom stereocenters. The standard InChI is InChI=1S/C14H13N3O.CH2O2/c1-10-13(12-5-3-11(9-18)4-6-12)14-15-7-2-8-17(14)16-10;2-1-3/h2-8,18H,9H2,1H3;1H,(H,2,3). The summed E-state index contributed by atoms with van der Waals surface area (Å²) in [6.45, 7) is 1.79. The highest BCUT2D eigenvalue weighted by Gasteiger charge is 2.11. The number of rotatable bonds is 2. The van der Waals surface area contributed by atoms with Crippen molar-refractivity contribution < 1.29 is 15.0 Å². The molecule has 0 unspecified atom stereocenters. The fraction of sp³-hybridized carbons (Fsp3) is 0.133. The van der Waals surface area contributed by atoms with Gasteiger partial charge in [-0.15, -0.1) is 0 Å². The lowest BCUT2D eigenvalue weighted by atomic mass is 10.0. The average molecular weight is 285 g/mol. The van der Waals surface area contributed by atoms with Gasteiger partial charge in [0.25, 0.3) is 6.47 Å². The van der Waals surface area contributed by atoms with Crippen molar-refractivity contribution in [3.05, 3.63) is 54.0 Å². The molecular formula is C15H15N3O3. The molecule has 0 saturated heterocycles. The molecule has 0 saturated carbocycles. The van der Waals surface area contributed by atoms with E-state index in [2.05, 4.69) is 10.1 Å². The highest BCUT2D eigenvalue weighted by atomic mass is 16.3. The molecule has 108 valence electrons. The highest BCUT2D eigenvalue weighted by molar-refractivity contribution is 5.79. The molecule has 0 aliphatic rings. The Bertz CT molecular complexity index is 736. The lowest BCUT2D eigenvalue weighted by Crippen LogP contribution is -1.88. The van der Waals surface area contributed by atoms with Crippen LogP contribution in [-0.4, -0.2) is 31.3 Å². The second-order valence-electron chi connectivity index (χ2n) is 4.31. The van der Waals surface area contributed by atoms with Crippen LogP contribution in [0.2, 0.25) is 0 Å². The molecule has 0 aliphatic heterocycles. The Balaban J connectivity index is 0.000000497. The van der Waals surface area contributed by atoms with Crippen molar-refractivity contribution in [2.75, 3.05) is 0 Å². The number of nitrogens with zero attached hydrogens (tertiary/aromatic N) is 3. The SMILES string of the molecule is Cc1nn2cccnc2c1-c1ccc(CO)cc1.O=CO. The molecule has 0 fully saturated rings. The average Bonchev–Trinajstić information content (AvgIpc) is 2.84. The van der Waals surface area contributed by atoms with Gasteiger partial charge < -0.3 is 10.2 Å². The van der Waals surface area contributed by atoms with Gasteiger partial charge in [0.2, 0.25) is 0 Å². The van der Waals surface area contributed by atoms with Gasteiger partial charge in [-0.25, -0.2) is 9.50 Å². The maximum Gasteiger partial charge on any atom is 0.290 e. The number of benzene rings is 1. The van der Waals surface area contributed by atoms with E-state index in [4.69, 9.17) is 15.0 Å². The Morgan fingerprint density at radius 2 is 1.95 bits per heavy atom. The van der Waals surface area contributed by atoms with Gasteiger partial charge in [-0.05, 0) is 24.1 Å². The molecule has 6 heteroatoms. The summed E-state index contributed by atoms with van der Waals surface area (Å²) in [7, 11) is 0. The first-order valence-electron chi connectivity index (χ1n) is 6.29. The van der Waals surface area contributed by atoms with E-state index < -0.39 is 0 Å². The first-order chi connectivity index (χ1) is 10.2. The molecule has 2 heterocycles. The van der Waals surface area contributed by atoms with Gasteiger partial charge >= 0.3 is 0 Å². The number of aliphatic hydroxyl groups excluding tert-OH is 1. The molecular weight excluding hydrogens is 270 g/mol. The molecule has 0 spiro atoms. The topological polar surface area (TPSA) is 87.7 Å². The third-order valence-corrected chi connectivity index (χ3v) is 3.00. The Kier molecular flexibility index (Phi) is 4.63. The summed E-state index contributed by atoms with van der Waals surface area (Å²) in [5.41, 5.74) is 4.82. The second-order valence-corrected chi connectivity index (χ2v) is 4.31. The monoisotopic (exact) mass is 285 g/mol. The van der Waals surface area contributed by atoms with Crippen molar-refractivity contribution in [3.63, 3.8) is 0 Å². The summed E-state index contributed by atoms with van der Waals surface area (Å²) < 4.78 is 1.78. The van der Waals surface area contributed by atoms with Crippen molar-refractivity contribution in [2.45, 2.75) is 13.5 Å². The first kappa shape index (κ1) is 14.7. The summed E-state index contributed by atoms with van der Waals surface area (Å²) in [6.07, 6.45) is 3.66. The normalized spacial score (nSPS) is 10.0. The van der Waals surface area contributed by atoms with Gasteiger partial charge in [0.05, 0.1) is 12.3 Å². The Hall–Kier alpha value is -2.73. The molecule has 0 amide bonds. The van der Waals surface area contributed by atoms with E-state index in [1.807, 2.05) is 43.5 Å². The molecule has 2 aromatic heterocycles. The maximum absolute atomic E-state index is 9.06. The van der Waals surface area contributed by atoms with Gasteiger partial charge in [-0.3, -0.25) is 4.79 Å². The third-order valence-electron chi connectivity index (χ3n) is 3.00. The van der Waals surface area contributed by atoms with E-state index in [0.717, 1.165) is 28.0 Å². The van der Waals surface area contributed by atoms with Crippen molar-refractivity contribution in [1.82, 2.24) is 14.6 Å². The minimum atomic E-state index is -0.250. The summed E-state index contributed by atoms with van der Waals surface area (Å²) in [5, 5.41) is 20.4. The van der Waals surface area contributed by atoms with E-state index in [1.54, 1.807) is 10.7 Å². The molecule has 21 heavy (non-hydrogen) atoms. The number of carbonyl (C=O) groups is 1. The van der Waals surface area contributed by atoms with Gasteiger partial charge in [-0.1, -0.05) is 24.3 Å². The lowest BCUT2D eigenvalue weighted by Gasteiger charge is -2.01. The number of aliphatic hydroxyl groups is 1. The first-order valence-corrected chi connectivity index (χ1v) is 6.29. The van der Waals surface area contributed by atoms with Gasteiger partial charge in [0, 0.05) is 18.0 Å². The van der Waals surface area contributed by atoms with Gasteiger partial charge in [-0.2, -0.15) is 5.10 Å². The fourth-order valence-corrected chi connectivity index (χ4v) is 2.11. The van der Waals surface area contributed by atoms with Crippen LogP contribution in [0, 0.1) is 6.92 Å². The zero-order valence-electron chi connectivity index (χ0n) is 11.5. The lowest BCUT2D eigenvalue weighted by molar-refractivity contribution is -0.122. The van der Waals surface area contributed by atoms with Crippen molar-refractivity contribution in [3.8, 4) is 11.1 Å². The second kappa shape index (κ2) is 6.62. The number of carboxylic acid groups (broad SMARTS) is 1. The number of hydrogen-bond donors (Lipinski definition) is 2.